The Bertz CT molecular complexity index is 118. The van der Waals surface area contributed by atoms with E-state index in [2.05, 4.69) is 4.74 Å². The highest BCUT2D eigenvalue weighted by molar-refractivity contribution is 5.69. The van der Waals surface area contributed by atoms with Gasteiger partial charge in [0.2, 0.25) is 0 Å². The first-order chi connectivity index (χ1) is 5.83. The Morgan fingerprint density at radius 3 is 2.75 bits per heavy atom. The van der Waals surface area contributed by atoms with E-state index in [-0.39, 0.29) is 5.97 Å². The Kier molecular flexibility index (Phi) is 6.70. The number of carbonyl (C=O) groups is 1. The second-order valence-electron chi connectivity index (χ2n) is 2.51. The van der Waals surface area contributed by atoms with Gasteiger partial charge in [-0.3, -0.25) is 4.79 Å². The van der Waals surface area contributed by atoms with Crippen molar-refractivity contribution in [2.45, 2.75) is 12.8 Å². The van der Waals surface area contributed by atoms with Crippen molar-refractivity contribution >= 4 is 5.97 Å². The van der Waals surface area contributed by atoms with Crippen LogP contribution in [0.15, 0.2) is 0 Å². The predicted molar refractivity (Wildman–Crippen MR) is 43.7 cm³/mol. The molecule has 0 radical (unpaired) electrons. The van der Waals surface area contributed by atoms with Gasteiger partial charge in [0.25, 0.3) is 0 Å². The lowest BCUT2D eigenvalue weighted by Gasteiger charge is -2.03. The van der Waals surface area contributed by atoms with Gasteiger partial charge in [0.05, 0.1) is 20.1 Å². The van der Waals surface area contributed by atoms with Crippen LogP contribution in [0.5, 0.6) is 0 Å². The summed E-state index contributed by atoms with van der Waals surface area (Å²) in [4.78, 5) is 10.7. The Morgan fingerprint density at radius 1 is 1.67 bits per heavy atom. The molecule has 0 aromatic carbocycles. The molecule has 0 aromatic rings. The maximum Gasteiger partial charge on any atom is 0.305 e. The fourth-order valence-electron chi connectivity index (χ4n) is 1.06. The van der Waals surface area contributed by atoms with Gasteiger partial charge < -0.3 is 14.6 Å². The van der Waals surface area contributed by atoms with Crippen LogP contribution in [-0.4, -0.2) is 38.5 Å². The van der Waals surface area contributed by atoms with E-state index >= 15 is 0 Å². The molecule has 1 heterocycles. The van der Waals surface area contributed by atoms with Crippen molar-refractivity contribution in [1.29, 1.82) is 0 Å². The molecule has 1 unspecified atom stereocenters. The number of methoxy groups -OCH3 is 1. The number of carbonyl (C=O) groups excluding carboxylic acids is 1. The third-order valence-electron chi connectivity index (χ3n) is 1.71. The highest BCUT2D eigenvalue weighted by Gasteiger charge is 2.18. The number of ether oxygens (including phenoxy) is 2. The Balaban J connectivity index is 0.000000561. The quantitative estimate of drug-likeness (QED) is 0.610. The van der Waals surface area contributed by atoms with Gasteiger partial charge >= 0.3 is 5.97 Å². The summed E-state index contributed by atoms with van der Waals surface area (Å²) < 4.78 is 9.61. The van der Waals surface area contributed by atoms with E-state index in [1.165, 1.54) is 7.11 Å². The summed E-state index contributed by atoms with van der Waals surface area (Å²) in [6.07, 6.45) is 1.51. The van der Waals surface area contributed by atoms with Crippen LogP contribution in [0.4, 0.5) is 0 Å². The van der Waals surface area contributed by atoms with Crippen LogP contribution in [0.25, 0.3) is 0 Å². The van der Waals surface area contributed by atoms with E-state index in [0.29, 0.717) is 12.3 Å². The zero-order valence-corrected chi connectivity index (χ0v) is 7.58. The summed E-state index contributed by atoms with van der Waals surface area (Å²) in [6, 6.07) is 0. The molecule has 1 aliphatic heterocycles. The molecule has 1 aliphatic rings. The molecule has 0 bridgehead atoms. The van der Waals surface area contributed by atoms with Gasteiger partial charge in [0, 0.05) is 13.7 Å². The molecular formula is C8H16O4. The Hall–Kier alpha value is -0.610. The van der Waals surface area contributed by atoms with Gasteiger partial charge in [-0.15, -0.1) is 0 Å². The number of hydrogen-bond donors (Lipinski definition) is 1. The summed E-state index contributed by atoms with van der Waals surface area (Å²) in [5.74, 6) is 0.267. The van der Waals surface area contributed by atoms with Gasteiger partial charge in [-0.05, 0) is 12.3 Å². The lowest BCUT2D eigenvalue weighted by molar-refractivity contribution is -0.141. The lowest BCUT2D eigenvalue weighted by atomic mass is 10.1. The number of rotatable bonds is 2. The minimum atomic E-state index is -0.129. The SMILES string of the molecule is CO.COC(=O)CC1CCOC1. The van der Waals surface area contributed by atoms with E-state index in [9.17, 15) is 4.79 Å². The number of aliphatic hydroxyl groups excluding tert-OH is 1. The first-order valence-corrected chi connectivity index (χ1v) is 3.92. The van der Waals surface area contributed by atoms with Gasteiger partial charge in [-0.1, -0.05) is 0 Å². The fraction of sp³-hybridized carbons (Fsp3) is 0.875. The summed E-state index contributed by atoms with van der Waals surface area (Å²) in [5.41, 5.74) is 0. The van der Waals surface area contributed by atoms with E-state index in [4.69, 9.17) is 9.84 Å². The molecule has 4 heteroatoms. The van der Waals surface area contributed by atoms with Crippen molar-refractivity contribution in [1.82, 2.24) is 0 Å². The summed E-state index contributed by atoms with van der Waals surface area (Å²) >= 11 is 0. The van der Waals surface area contributed by atoms with Gasteiger partial charge in [0.15, 0.2) is 0 Å². The smallest absolute Gasteiger partial charge is 0.305 e. The summed E-state index contributed by atoms with van der Waals surface area (Å²) in [5, 5.41) is 7.00. The minimum absolute atomic E-state index is 0.129. The molecule has 1 atom stereocenters. The molecule has 1 fully saturated rings. The maximum absolute atomic E-state index is 10.7. The number of aliphatic hydroxyl groups is 1. The minimum Gasteiger partial charge on any atom is -0.469 e. The first kappa shape index (κ1) is 11.4. The fourth-order valence-corrected chi connectivity index (χ4v) is 1.06. The van der Waals surface area contributed by atoms with Crippen LogP contribution < -0.4 is 0 Å². The van der Waals surface area contributed by atoms with Crippen molar-refractivity contribution < 1.29 is 19.4 Å². The molecule has 4 nitrogen and oxygen atoms in total. The van der Waals surface area contributed by atoms with Gasteiger partial charge in [0.1, 0.15) is 0 Å². The lowest BCUT2D eigenvalue weighted by Crippen LogP contribution is -2.09. The molecule has 1 saturated heterocycles. The highest BCUT2D eigenvalue weighted by Crippen LogP contribution is 2.16. The molecule has 1 rings (SSSR count). The molecule has 0 aromatic heterocycles. The van der Waals surface area contributed by atoms with E-state index < -0.39 is 0 Å². The van der Waals surface area contributed by atoms with Crippen molar-refractivity contribution in [2.24, 2.45) is 5.92 Å². The Morgan fingerprint density at radius 2 is 2.33 bits per heavy atom. The van der Waals surface area contributed by atoms with Crippen LogP contribution in [-0.2, 0) is 14.3 Å². The zero-order valence-electron chi connectivity index (χ0n) is 7.58. The molecule has 1 N–H and O–H groups in total. The molecule has 72 valence electrons. The van der Waals surface area contributed by atoms with Crippen LogP contribution in [0, 0.1) is 5.92 Å². The molecule has 12 heavy (non-hydrogen) atoms. The maximum atomic E-state index is 10.7. The highest BCUT2D eigenvalue weighted by atomic mass is 16.5. The van der Waals surface area contributed by atoms with Gasteiger partial charge in [-0.25, -0.2) is 0 Å². The van der Waals surface area contributed by atoms with E-state index in [0.717, 1.165) is 26.7 Å². The zero-order chi connectivity index (χ0) is 9.40. The van der Waals surface area contributed by atoms with Crippen molar-refractivity contribution in [3.8, 4) is 0 Å². The monoisotopic (exact) mass is 176 g/mol. The van der Waals surface area contributed by atoms with Crippen LogP contribution in [0.1, 0.15) is 12.8 Å². The van der Waals surface area contributed by atoms with Crippen LogP contribution in [0.3, 0.4) is 0 Å². The van der Waals surface area contributed by atoms with Crippen molar-refractivity contribution in [2.75, 3.05) is 27.4 Å². The predicted octanol–water partition coefficient (Wildman–Crippen LogP) is 0.194. The van der Waals surface area contributed by atoms with E-state index in [1.807, 2.05) is 0 Å². The van der Waals surface area contributed by atoms with Crippen molar-refractivity contribution in [3.05, 3.63) is 0 Å². The number of esters is 1. The summed E-state index contributed by atoms with van der Waals surface area (Å²) in [6.45, 7) is 1.51. The Labute approximate surface area is 72.5 Å². The molecule has 0 saturated carbocycles. The standard InChI is InChI=1S/C7H12O3.CH4O/c1-9-7(8)4-6-2-3-10-5-6;1-2/h6H,2-5H2,1H3;2H,1H3. The molecule has 0 aliphatic carbocycles. The molecule has 0 spiro atoms. The second-order valence-corrected chi connectivity index (χ2v) is 2.51. The second kappa shape index (κ2) is 7.06. The first-order valence-electron chi connectivity index (χ1n) is 3.92. The number of hydrogen-bond acceptors (Lipinski definition) is 4. The van der Waals surface area contributed by atoms with Crippen LogP contribution >= 0.6 is 0 Å². The third kappa shape index (κ3) is 4.31. The van der Waals surface area contributed by atoms with E-state index in [1.54, 1.807) is 0 Å². The van der Waals surface area contributed by atoms with Crippen molar-refractivity contribution in [3.63, 3.8) is 0 Å². The topological polar surface area (TPSA) is 55.8 Å². The van der Waals surface area contributed by atoms with Gasteiger partial charge in [-0.2, -0.15) is 0 Å². The third-order valence-corrected chi connectivity index (χ3v) is 1.71. The summed E-state index contributed by atoms with van der Waals surface area (Å²) in [7, 11) is 2.41. The largest absolute Gasteiger partial charge is 0.469 e. The average molecular weight is 176 g/mol. The average Bonchev–Trinajstić information content (AvgIpc) is 2.60. The molecular weight excluding hydrogens is 160 g/mol. The molecule has 0 amide bonds. The normalized spacial score (nSPS) is 21.1. The van der Waals surface area contributed by atoms with Crippen LogP contribution in [0.2, 0.25) is 0 Å².